The molecule has 1 heterocycles. The van der Waals surface area contributed by atoms with E-state index < -0.39 is 0 Å². The molecular formula is C24H30ClN3O2. The Hall–Kier alpha value is -2.37. The van der Waals surface area contributed by atoms with Crippen molar-refractivity contribution in [1.29, 1.82) is 0 Å². The van der Waals surface area contributed by atoms with Crippen LogP contribution in [0.5, 0.6) is 0 Å². The molecule has 30 heavy (non-hydrogen) atoms. The minimum atomic E-state index is -0.163. The molecule has 1 aliphatic heterocycles. The fourth-order valence-electron chi connectivity index (χ4n) is 3.71. The summed E-state index contributed by atoms with van der Waals surface area (Å²) in [4.78, 5) is 27.9. The maximum absolute atomic E-state index is 13.0. The van der Waals surface area contributed by atoms with Crippen molar-refractivity contribution >= 4 is 29.1 Å². The van der Waals surface area contributed by atoms with Gasteiger partial charge in [0.1, 0.15) is 0 Å². The van der Waals surface area contributed by atoms with Crippen molar-refractivity contribution in [2.45, 2.75) is 45.7 Å². The Bertz CT molecular complexity index is 886. The number of carbonyl (C=O) groups excluding carboxylic acids is 2. The van der Waals surface area contributed by atoms with Crippen LogP contribution in [-0.4, -0.2) is 35.8 Å². The first-order valence-corrected chi connectivity index (χ1v) is 11.0. The predicted molar refractivity (Wildman–Crippen MR) is 122 cm³/mol. The number of para-hydroxylation sites is 1. The quantitative estimate of drug-likeness (QED) is 0.672. The number of benzene rings is 2. The molecule has 2 aromatic rings. The summed E-state index contributed by atoms with van der Waals surface area (Å²) in [6, 6.07) is 15.1. The first-order chi connectivity index (χ1) is 14.5. The van der Waals surface area contributed by atoms with Crippen LogP contribution in [0, 0.1) is 5.92 Å². The number of hydrogen-bond donors (Lipinski definition) is 2. The Morgan fingerprint density at radius 2 is 1.90 bits per heavy atom. The lowest BCUT2D eigenvalue weighted by Crippen LogP contribution is -2.40. The topological polar surface area (TPSA) is 61.4 Å². The number of nitrogens with one attached hydrogen (secondary N) is 2. The van der Waals surface area contributed by atoms with Crippen LogP contribution in [0.25, 0.3) is 0 Å². The van der Waals surface area contributed by atoms with E-state index in [0.717, 1.165) is 42.9 Å². The molecule has 1 fully saturated rings. The number of amides is 2. The fourth-order valence-corrected chi connectivity index (χ4v) is 3.90. The van der Waals surface area contributed by atoms with Gasteiger partial charge in [0, 0.05) is 24.2 Å². The molecular weight excluding hydrogens is 398 g/mol. The molecule has 0 aromatic heterocycles. The molecule has 3 rings (SSSR count). The first kappa shape index (κ1) is 22.3. The Morgan fingerprint density at radius 3 is 2.67 bits per heavy atom. The minimum absolute atomic E-state index is 0.0392. The molecule has 1 saturated heterocycles. The Labute approximate surface area is 183 Å². The third-order valence-corrected chi connectivity index (χ3v) is 6.02. The first-order valence-electron chi connectivity index (χ1n) is 10.6. The van der Waals surface area contributed by atoms with Crippen molar-refractivity contribution in [2.75, 3.05) is 18.4 Å². The summed E-state index contributed by atoms with van der Waals surface area (Å²) in [7, 11) is 0. The van der Waals surface area contributed by atoms with Gasteiger partial charge in [0.25, 0.3) is 5.91 Å². The molecule has 0 bridgehead atoms. The van der Waals surface area contributed by atoms with Gasteiger partial charge in [-0.1, -0.05) is 48.9 Å². The molecule has 0 spiro atoms. The van der Waals surface area contributed by atoms with E-state index in [4.69, 9.17) is 11.6 Å². The van der Waals surface area contributed by atoms with Gasteiger partial charge in [-0.2, -0.15) is 0 Å². The van der Waals surface area contributed by atoms with Crippen LogP contribution >= 0.6 is 11.6 Å². The molecule has 0 unspecified atom stereocenters. The summed E-state index contributed by atoms with van der Waals surface area (Å²) < 4.78 is 0. The largest absolute Gasteiger partial charge is 0.350 e. The fraction of sp³-hybridized carbons (Fsp3) is 0.417. The van der Waals surface area contributed by atoms with Crippen molar-refractivity contribution in [2.24, 2.45) is 5.92 Å². The third kappa shape index (κ3) is 5.83. The number of nitrogens with zero attached hydrogens (tertiary/aromatic N) is 1. The molecule has 2 N–H and O–H groups in total. The van der Waals surface area contributed by atoms with Crippen molar-refractivity contribution in [3.05, 3.63) is 64.7 Å². The zero-order chi connectivity index (χ0) is 21.5. The van der Waals surface area contributed by atoms with Gasteiger partial charge < -0.3 is 10.6 Å². The van der Waals surface area contributed by atoms with E-state index in [-0.39, 0.29) is 23.8 Å². The molecule has 0 radical (unpaired) electrons. The molecule has 160 valence electrons. The number of carbonyl (C=O) groups is 2. The Morgan fingerprint density at radius 1 is 1.17 bits per heavy atom. The van der Waals surface area contributed by atoms with Crippen LogP contribution in [0.3, 0.4) is 0 Å². The lowest BCUT2D eigenvalue weighted by molar-refractivity contribution is -0.121. The van der Waals surface area contributed by atoms with E-state index in [1.54, 1.807) is 12.1 Å². The van der Waals surface area contributed by atoms with Crippen LogP contribution in [0.2, 0.25) is 5.02 Å². The van der Waals surface area contributed by atoms with Crippen molar-refractivity contribution < 1.29 is 9.59 Å². The molecule has 2 atom stereocenters. The SMILES string of the molecule is CC[C@H](C)NC(=O)c1ccccc1NC(=O)[C@H]1CCCN(Cc2ccccc2Cl)C1. The number of anilines is 1. The Kier molecular flexibility index (Phi) is 7.88. The summed E-state index contributed by atoms with van der Waals surface area (Å²) in [6.07, 6.45) is 2.65. The smallest absolute Gasteiger partial charge is 0.253 e. The number of rotatable bonds is 7. The van der Waals surface area contributed by atoms with E-state index >= 15 is 0 Å². The lowest BCUT2D eigenvalue weighted by atomic mass is 9.96. The summed E-state index contributed by atoms with van der Waals surface area (Å²) in [5, 5.41) is 6.72. The summed E-state index contributed by atoms with van der Waals surface area (Å²) in [6.45, 7) is 6.35. The second kappa shape index (κ2) is 10.6. The second-order valence-corrected chi connectivity index (χ2v) is 8.39. The highest BCUT2D eigenvalue weighted by molar-refractivity contribution is 6.31. The summed E-state index contributed by atoms with van der Waals surface area (Å²) in [5.41, 5.74) is 2.13. The monoisotopic (exact) mass is 427 g/mol. The van der Waals surface area contributed by atoms with Gasteiger partial charge in [0.2, 0.25) is 5.91 Å². The maximum Gasteiger partial charge on any atom is 0.253 e. The van der Waals surface area contributed by atoms with Crippen molar-refractivity contribution in [1.82, 2.24) is 10.2 Å². The zero-order valence-electron chi connectivity index (χ0n) is 17.7. The van der Waals surface area contributed by atoms with Gasteiger partial charge >= 0.3 is 0 Å². The zero-order valence-corrected chi connectivity index (χ0v) is 18.4. The Balaban J connectivity index is 1.64. The van der Waals surface area contributed by atoms with Crippen LogP contribution in [0.1, 0.15) is 49.0 Å². The molecule has 2 amide bonds. The van der Waals surface area contributed by atoms with Gasteiger partial charge in [-0.05, 0) is 56.5 Å². The normalized spacial score (nSPS) is 17.9. The number of halogens is 1. The van der Waals surface area contributed by atoms with Gasteiger partial charge in [-0.3, -0.25) is 14.5 Å². The van der Waals surface area contributed by atoms with Gasteiger partial charge in [-0.15, -0.1) is 0 Å². The third-order valence-electron chi connectivity index (χ3n) is 5.65. The highest BCUT2D eigenvalue weighted by Gasteiger charge is 2.27. The lowest BCUT2D eigenvalue weighted by Gasteiger charge is -2.32. The summed E-state index contributed by atoms with van der Waals surface area (Å²) >= 11 is 6.30. The average molecular weight is 428 g/mol. The van der Waals surface area contributed by atoms with Crippen LogP contribution in [0.4, 0.5) is 5.69 Å². The van der Waals surface area contributed by atoms with Crippen molar-refractivity contribution in [3.63, 3.8) is 0 Å². The highest BCUT2D eigenvalue weighted by Crippen LogP contribution is 2.24. The van der Waals surface area contributed by atoms with E-state index in [9.17, 15) is 9.59 Å². The van der Waals surface area contributed by atoms with E-state index in [0.29, 0.717) is 17.8 Å². The van der Waals surface area contributed by atoms with Crippen LogP contribution < -0.4 is 10.6 Å². The molecule has 0 saturated carbocycles. The molecule has 2 aromatic carbocycles. The maximum atomic E-state index is 13.0. The number of likely N-dealkylation sites (tertiary alicyclic amines) is 1. The van der Waals surface area contributed by atoms with E-state index in [1.165, 1.54) is 0 Å². The van der Waals surface area contributed by atoms with Crippen molar-refractivity contribution in [3.8, 4) is 0 Å². The van der Waals surface area contributed by atoms with Crippen LogP contribution in [0.15, 0.2) is 48.5 Å². The van der Waals surface area contributed by atoms with E-state index in [1.807, 2.05) is 50.2 Å². The standard InChI is InChI=1S/C24H30ClN3O2/c1-3-17(2)26-24(30)20-11-5-7-13-22(20)27-23(29)19-10-8-14-28(16-19)15-18-9-4-6-12-21(18)25/h4-7,9,11-13,17,19H,3,8,10,14-16H2,1-2H3,(H,26,30)(H,27,29)/t17-,19-/m0/s1. The molecule has 5 nitrogen and oxygen atoms in total. The molecule has 6 heteroatoms. The summed E-state index contributed by atoms with van der Waals surface area (Å²) in [5.74, 6) is -0.321. The predicted octanol–water partition coefficient (Wildman–Crippen LogP) is 4.72. The van der Waals surface area contributed by atoms with Gasteiger partial charge in [-0.25, -0.2) is 0 Å². The highest BCUT2D eigenvalue weighted by atomic mass is 35.5. The average Bonchev–Trinajstić information content (AvgIpc) is 2.75. The number of piperidine rings is 1. The van der Waals surface area contributed by atoms with Gasteiger partial charge in [0.15, 0.2) is 0 Å². The van der Waals surface area contributed by atoms with E-state index in [2.05, 4.69) is 15.5 Å². The number of hydrogen-bond acceptors (Lipinski definition) is 3. The molecule has 0 aliphatic carbocycles. The second-order valence-electron chi connectivity index (χ2n) is 7.98. The minimum Gasteiger partial charge on any atom is -0.350 e. The molecule has 1 aliphatic rings. The van der Waals surface area contributed by atoms with Gasteiger partial charge in [0.05, 0.1) is 17.2 Å². The van der Waals surface area contributed by atoms with Crippen LogP contribution in [-0.2, 0) is 11.3 Å².